The lowest BCUT2D eigenvalue weighted by Crippen LogP contribution is -2.51. The van der Waals surface area contributed by atoms with E-state index in [9.17, 15) is 19.5 Å². The molecule has 4 rings (SSSR count). The Morgan fingerprint density at radius 2 is 1.58 bits per heavy atom. The molecule has 10 nitrogen and oxygen atoms in total. The van der Waals surface area contributed by atoms with Crippen molar-refractivity contribution in [3.63, 3.8) is 0 Å². The van der Waals surface area contributed by atoms with E-state index < -0.39 is 24.3 Å². The van der Waals surface area contributed by atoms with Crippen LogP contribution >= 0.6 is 22.7 Å². The Hall–Kier alpha value is -4.13. The predicted molar refractivity (Wildman–Crippen MR) is 189 cm³/mol. The molecular weight excluding hydrogens is 647 g/mol. The highest BCUT2D eigenvalue weighted by Gasteiger charge is 2.28. The smallest absolute Gasteiger partial charge is 0.407 e. The van der Waals surface area contributed by atoms with Crippen LogP contribution in [0.4, 0.5) is 9.59 Å². The van der Waals surface area contributed by atoms with Crippen molar-refractivity contribution in [1.82, 2.24) is 25.9 Å². The Balaban J connectivity index is 1.40. The van der Waals surface area contributed by atoms with E-state index in [-0.39, 0.29) is 37.3 Å². The van der Waals surface area contributed by atoms with Gasteiger partial charge >= 0.3 is 12.1 Å². The van der Waals surface area contributed by atoms with Gasteiger partial charge in [-0.05, 0) is 49.7 Å². The number of alkyl carbamates (subject to hydrolysis) is 1. The Bertz CT molecular complexity index is 1550. The summed E-state index contributed by atoms with van der Waals surface area (Å²) < 4.78 is 5.46. The topological polar surface area (TPSA) is 143 Å². The minimum Gasteiger partial charge on any atom is -0.444 e. The average Bonchev–Trinajstić information content (AvgIpc) is 3.78. The number of urea groups is 1. The number of ketones is 1. The molecule has 0 radical (unpaired) electrons. The maximum absolute atomic E-state index is 13.7. The second-order valence-electron chi connectivity index (χ2n) is 12.3. The zero-order valence-electron chi connectivity index (χ0n) is 27.6. The number of hydrogen-bond acceptors (Lipinski definition) is 9. The highest BCUT2D eigenvalue weighted by Crippen LogP contribution is 2.23. The van der Waals surface area contributed by atoms with E-state index in [4.69, 9.17) is 4.74 Å². The standard InChI is InChI=1S/C36H45N5O5S2/c1-24(2)34-39-30(22-47-34)19-38-35(44)41-33(25(3)42)32(43)18-28(16-26-10-6-4-7-11-26)14-15-29(17-27-12-8-5-9-13-27)40-36(45)46-21-31-20-37-23-48-31/h4-13,20,22-25,28-29,33,42H,14-19,21H2,1-3H3,(H,40,45)(H2,38,41,44). The van der Waals surface area contributed by atoms with Crippen molar-refractivity contribution in [3.8, 4) is 0 Å². The number of rotatable bonds is 18. The summed E-state index contributed by atoms with van der Waals surface area (Å²) in [5.74, 6) is -0.0665. The van der Waals surface area contributed by atoms with Gasteiger partial charge < -0.3 is 25.8 Å². The normalized spacial score (nSPS) is 13.7. The molecule has 4 N–H and O–H groups in total. The Morgan fingerprint density at radius 3 is 2.19 bits per heavy atom. The fraction of sp³-hybridized carbons (Fsp3) is 0.417. The Kier molecular flexibility index (Phi) is 14.5. The largest absolute Gasteiger partial charge is 0.444 e. The average molecular weight is 692 g/mol. The molecule has 2 aromatic carbocycles. The van der Waals surface area contributed by atoms with Gasteiger partial charge in [-0.1, -0.05) is 74.5 Å². The van der Waals surface area contributed by atoms with E-state index in [2.05, 4.69) is 39.8 Å². The van der Waals surface area contributed by atoms with Gasteiger partial charge in [-0.3, -0.25) is 9.78 Å². The van der Waals surface area contributed by atoms with Crippen LogP contribution in [0.5, 0.6) is 0 Å². The number of nitrogens with zero attached hydrogens (tertiary/aromatic N) is 2. The van der Waals surface area contributed by atoms with Crippen molar-refractivity contribution < 1.29 is 24.2 Å². The molecular formula is C36H45N5O5S2. The van der Waals surface area contributed by atoms with Crippen molar-refractivity contribution in [1.29, 1.82) is 0 Å². The fourth-order valence-corrected chi connectivity index (χ4v) is 6.70. The molecule has 4 aromatic rings. The van der Waals surface area contributed by atoms with E-state index >= 15 is 0 Å². The van der Waals surface area contributed by atoms with E-state index in [0.29, 0.717) is 31.6 Å². The summed E-state index contributed by atoms with van der Waals surface area (Å²) in [6.45, 7) is 5.99. The Morgan fingerprint density at radius 1 is 0.896 bits per heavy atom. The molecule has 0 aliphatic heterocycles. The molecule has 12 heteroatoms. The Labute approximate surface area is 290 Å². The molecule has 2 heterocycles. The summed E-state index contributed by atoms with van der Waals surface area (Å²) in [5, 5.41) is 21.9. The van der Waals surface area contributed by atoms with Crippen LogP contribution in [0.3, 0.4) is 0 Å². The molecule has 0 aliphatic carbocycles. The first kappa shape index (κ1) is 36.7. The summed E-state index contributed by atoms with van der Waals surface area (Å²) in [7, 11) is 0. The van der Waals surface area contributed by atoms with Crippen molar-refractivity contribution in [3.05, 3.63) is 104 Å². The van der Waals surface area contributed by atoms with E-state index in [1.807, 2.05) is 66.0 Å². The zero-order chi connectivity index (χ0) is 34.3. The van der Waals surface area contributed by atoms with Crippen molar-refractivity contribution >= 4 is 40.6 Å². The van der Waals surface area contributed by atoms with Crippen molar-refractivity contribution in [2.45, 2.75) is 90.1 Å². The number of thiazole rings is 2. The summed E-state index contributed by atoms with van der Waals surface area (Å²) >= 11 is 2.96. The van der Waals surface area contributed by atoms with Crippen molar-refractivity contribution in [2.75, 3.05) is 0 Å². The molecule has 0 saturated heterocycles. The van der Waals surface area contributed by atoms with Crippen LogP contribution in [0.2, 0.25) is 0 Å². The van der Waals surface area contributed by atoms with Crippen LogP contribution < -0.4 is 16.0 Å². The SMILES string of the molecule is CC(C)c1nc(CNC(=O)NC(C(=O)CC(CCC(Cc2ccccc2)NC(=O)OCc2cncs2)Cc2ccccc2)C(C)O)cs1. The third kappa shape index (κ3) is 12.5. The van der Waals surface area contributed by atoms with E-state index in [0.717, 1.165) is 26.7 Å². The number of Topliss-reactive ketones (excluding diaryl/α,β-unsaturated/α-hetero) is 1. The number of ether oxygens (including phenoxy) is 1. The number of hydrogen-bond donors (Lipinski definition) is 4. The van der Waals surface area contributed by atoms with E-state index in [1.165, 1.54) is 18.3 Å². The summed E-state index contributed by atoms with van der Waals surface area (Å²) in [5.41, 5.74) is 4.59. The first-order valence-electron chi connectivity index (χ1n) is 16.2. The van der Waals surface area contributed by atoms with Gasteiger partial charge in [0.1, 0.15) is 12.6 Å². The first-order valence-corrected chi connectivity index (χ1v) is 18.0. The highest BCUT2D eigenvalue weighted by molar-refractivity contribution is 7.09. The molecule has 0 aliphatic rings. The number of carbonyl (C=O) groups excluding carboxylic acids is 3. The van der Waals surface area contributed by atoms with Crippen LogP contribution in [-0.2, 0) is 35.5 Å². The molecule has 0 fully saturated rings. The van der Waals surface area contributed by atoms with Gasteiger partial charge in [-0.2, -0.15) is 0 Å². The second-order valence-corrected chi connectivity index (χ2v) is 14.1. The number of nitrogens with one attached hydrogen (secondary N) is 3. The number of benzene rings is 2. The lowest BCUT2D eigenvalue weighted by atomic mass is 9.86. The van der Waals surface area contributed by atoms with Crippen molar-refractivity contribution in [2.24, 2.45) is 5.92 Å². The summed E-state index contributed by atoms with van der Waals surface area (Å²) in [6, 6.07) is 18.0. The maximum atomic E-state index is 13.7. The van der Waals surface area contributed by atoms with E-state index in [1.54, 1.807) is 23.0 Å². The number of aliphatic hydroxyl groups is 1. The lowest BCUT2D eigenvalue weighted by molar-refractivity contribution is -0.124. The third-order valence-corrected chi connectivity index (χ3v) is 9.81. The second kappa shape index (κ2) is 19.0. The highest BCUT2D eigenvalue weighted by atomic mass is 32.1. The van der Waals surface area contributed by atoms with Gasteiger partial charge in [0.15, 0.2) is 5.78 Å². The molecule has 0 saturated carbocycles. The molecule has 2 aromatic heterocycles. The molecule has 256 valence electrons. The number of aliphatic hydroxyl groups excluding tert-OH is 1. The summed E-state index contributed by atoms with van der Waals surface area (Å²) in [6.07, 6.45) is 2.65. The lowest BCUT2D eigenvalue weighted by Gasteiger charge is -2.25. The molecule has 0 spiro atoms. The molecule has 0 bridgehead atoms. The monoisotopic (exact) mass is 691 g/mol. The third-order valence-electron chi connectivity index (χ3n) is 7.87. The van der Waals surface area contributed by atoms with Crippen LogP contribution in [0, 0.1) is 5.92 Å². The first-order chi connectivity index (χ1) is 23.2. The number of amides is 3. The summed E-state index contributed by atoms with van der Waals surface area (Å²) in [4.78, 5) is 48.7. The molecule has 4 atom stereocenters. The van der Waals surface area contributed by atoms with Gasteiger partial charge in [-0.15, -0.1) is 22.7 Å². The van der Waals surface area contributed by atoms with Gasteiger partial charge in [0, 0.05) is 30.0 Å². The minimum atomic E-state index is -1.09. The number of aromatic nitrogens is 2. The van der Waals surface area contributed by atoms with Gasteiger partial charge in [0.25, 0.3) is 0 Å². The zero-order valence-corrected chi connectivity index (χ0v) is 29.3. The molecule has 3 amide bonds. The van der Waals surface area contributed by atoms with Crippen LogP contribution in [0.15, 0.2) is 77.8 Å². The van der Waals surface area contributed by atoms with Crippen LogP contribution in [-0.4, -0.2) is 51.2 Å². The van der Waals surface area contributed by atoms with Gasteiger partial charge in [0.2, 0.25) is 0 Å². The van der Waals surface area contributed by atoms with Crippen LogP contribution in [0.1, 0.15) is 72.7 Å². The molecule has 4 unspecified atom stereocenters. The molecule has 48 heavy (non-hydrogen) atoms. The maximum Gasteiger partial charge on any atom is 0.407 e. The van der Waals surface area contributed by atoms with Crippen LogP contribution in [0.25, 0.3) is 0 Å². The minimum absolute atomic E-state index is 0.108. The van der Waals surface area contributed by atoms with Gasteiger partial charge in [0.05, 0.1) is 33.7 Å². The fourth-order valence-electron chi connectivity index (χ4n) is 5.36. The van der Waals surface area contributed by atoms with Gasteiger partial charge in [-0.25, -0.2) is 14.6 Å². The predicted octanol–water partition coefficient (Wildman–Crippen LogP) is 6.41. The quantitative estimate of drug-likeness (QED) is 0.0945. The number of carbonyl (C=O) groups is 3.